The predicted molar refractivity (Wildman–Crippen MR) is 125 cm³/mol. The van der Waals surface area contributed by atoms with Gasteiger partial charge in [0, 0.05) is 29.6 Å². The quantitative estimate of drug-likeness (QED) is 0.466. The second kappa shape index (κ2) is 7.36. The average molecular weight is 467 g/mol. The third-order valence-electron chi connectivity index (χ3n) is 9.36. The van der Waals surface area contributed by atoms with Crippen molar-refractivity contribution in [2.24, 2.45) is 29.1 Å². The van der Waals surface area contributed by atoms with E-state index in [1.54, 1.807) is 13.0 Å². The van der Waals surface area contributed by atoms with Crippen LogP contribution < -0.4 is 0 Å². The Morgan fingerprint density at radius 1 is 1.15 bits per heavy atom. The van der Waals surface area contributed by atoms with Crippen molar-refractivity contribution in [3.8, 4) is 0 Å². The summed E-state index contributed by atoms with van der Waals surface area (Å²) in [7, 11) is 0. The Morgan fingerprint density at radius 3 is 2.47 bits per heavy atom. The summed E-state index contributed by atoms with van der Waals surface area (Å²) in [6, 6.07) is 9.47. The van der Waals surface area contributed by atoms with Gasteiger partial charge in [-0.05, 0) is 36.0 Å². The number of ketones is 1. The molecule has 6 nitrogen and oxygen atoms in total. The lowest BCUT2D eigenvalue weighted by Crippen LogP contribution is -2.61. The summed E-state index contributed by atoms with van der Waals surface area (Å²) >= 11 is 0. The molecular formula is C28H34O6. The van der Waals surface area contributed by atoms with Gasteiger partial charge >= 0.3 is 5.97 Å². The molecule has 1 aromatic carbocycles. The lowest BCUT2D eigenvalue weighted by atomic mass is 9.60. The number of hydrogen-bond acceptors (Lipinski definition) is 6. The first-order chi connectivity index (χ1) is 15.9. The molecule has 0 aliphatic heterocycles. The van der Waals surface area contributed by atoms with E-state index in [0.29, 0.717) is 17.6 Å². The first-order valence-electron chi connectivity index (χ1n) is 12.2. The average Bonchev–Trinajstić information content (AvgIpc) is 3.18. The maximum atomic E-state index is 13.0. The number of aliphatic hydroxyl groups is 3. The summed E-state index contributed by atoms with van der Waals surface area (Å²) in [5, 5.41) is 33.9. The van der Waals surface area contributed by atoms with Gasteiger partial charge in [-0.15, -0.1) is 0 Å². The normalized spacial score (nSPS) is 41.9. The Morgan fingerprint density at radius 2 is 1.82 bits per heavy atom. The molecule has 2 unspecified atom stereocenters. The highest BCUT2D eigenvalue weighted by Crippen LogP contribution is 2.76. The van der Waals surface area contributed by atoms with Gasteiger partial charge in [0.05, 0.1) is 18.6 Å². The Hall–Kier alpha value is -2.28. The van der Waals surface area contributed by atoms with Gasteiger partial charge in [0.15, 0.2) is 5.78 Å². The fourth-order valence-corrected chi connectivity index (χ4v) is 7.60. The van der Waals surface area contributed by atoms with Crippen molar-refractivity contribution in [2.75, 3.05) is 6.61 Å². The minimum atomic E-state index is -1.78. The van der Waals surface area contributed by atoms with Gasteiger partial charge in [-0.25, -0.2) is 0 Å². The number of benzene rings is 1. The minimum Gasteiger partial charge on any atom is -0.458 e. The first-order valence-corrected chi connectivity index (χ1v) is 12.2. The molecule has 3 N–H and O–H groups in total. The van der Waals surface area contributed by atoms with Crippen LogP contribution in [0.3, 0.4) is 0 Å². The zero-order valence-electron chi connectivity index (χ0n) is 20.2. The lowest BCUT2D eigenvalue weighted by molar-refractivity contribution is -0.186. The van der Waals surface area contributed by atoms with Crippen LogP contribution in [0.5, 0.6) is 0 Å². The van der Waals surface area contributed by atoms with Gasteiger partial charge in [0.25, 0.3) is 0 Å². The van der Waals surface area contributed by atoms with Crippen LogP contribution in [0.1, 0.15) is 46.1 Å². The molecule has 4 aliphatic carbocycles. The Labute approximate surface area is 200 Å². The molecule has 1 aromatic rings. The molecule has 0 saturated heterocycles. The van der Waals surface area contributed by atoms with Crippen molar-refractivity contribution in [1.29, 1.82) is 0 Å². The van der Waals surface area contributed by atoms with Crippen LogP contribution in [-0.4, -0.2) is 50.5 Å². The van der Waals surface area contributed by atoms with Crippen molar-refractivity contribution in [3.05, 3.63) is 59.2 Å². The fraction of sp³-hybridized carbons (Fsp3) is 0.571. The number of esters is 1. The zero-order chi connectivity index (χ0) is 24.7. The van der Waals surface area contributed by atoms with Gasteiger partial charge in [-0.2, -0.15) is 0 Å². The Balaban J connectivity index is 1.54. The van der Waals surface area contributed by atoms with Crippen molar-refractivity contribution in [1.82, 2.24) is 0 Å². The highest BCUT2D eigenvalue weighted by atomic mass is 16.6. The number of hydrogen-bond donors (Lipinski definition) is 3. The summed E-state index contributed by atoms with van der Waals surface area (Å²) < 4.78 is 6.24. The molecule has 4 aliphatic rings. The SMILES string of the molecule is CC1=CC2[C@@]3(O)[C@H](C)C[C@]4(OC(=O)Cc5ccccc5)C([C@@H]3C=C(CO)C[C@]2(O)C1=O)C4(C)C. The summed E-state index contributed by atoms with van der Waals surface area (Å²) in [6.45, 7) is 7.37. The van der Waals surface area contributed by atoms with E-state index >= 15 is 0 Å². The van der Waals surface area contributed by atoms with Crippen molar-refractivity contribution in [2.45, 2.75) is 63.8 Å². The monoisotopic (exact) mass is 466 g/mol. The topological polar surface area (TPSA) is 104 Å². The van der Waals surface area contributed by atoms with Gasteiger partial charge < -0.3 is 20.1 Å². The second-order valence-electron chi connectivity index (χ2n) is 11.5. The molecule has 5 rings (SSSR count). The molecule has 182 valence electrons. The molecular weight excluding hydrogens is 432 g/mol. The molecule has 0 heterocycles. The van der Waals surface area contributed by atoms with Gasteiger partial charge in [0.2, 0.25) is 0 Å². The third-order valence-corrected chi connectivity index (χ3v) is 9.36. The van der Waals surface area contributed by atoms with Gasteiger partial charge in [-0.1, -0.05) is 63.3 Å². The minimum absolute atomic E-state index is 0.0136. The highest BCUT2D eigenvalue weighted by Gasteiger charge is 2.83. The standard InChI is InChI=1S/C28H34O6/c1-16-10-21-26(32,24(16)31)14-19(15-29)11-20-23-25(3,4)27(23,13-17(2)28(20,21)33)34-22(30)12-18-8-6-5-7-9-18/h5-11,17,20-21,23,29,32-33H,12-15H2,1-4H3/t17-,20+,21?,23?,26-,27+,28-/m1/s1. The van der Waals surface area contributed by atoms with Crippen molar-refractivity contribution >= 4 is 11.8 Å². The molecule has 0 bridgehead atoms. The van der Waals surface area contributed by atoms with Gasteiger partial charge in [-0.3, -0.25) is 9.59 Å². The van der Waals surface area contributed by atoms with E-state index in [1.165, 1.54) is 0 Å². The number of carbonyl (C=O) groups excluding carboxylic acids is 2. The van der Waals surface area contributed by atoms with Crippen LogP contribution in [0.15, 0.2) is 53.6 Å². The molecule has 7 atom stereocenters. The second-order valence-corrected chi connectivity index (χ2v) is 11.5. The fourth-order valence-electron chi connectivity index (χ4n) is 7.60. The van der Waals surface area contributed by atoms with Crippen LogP contribution in [0.2, 0.25) is 0 Å². The van der Waals surface area contributed by atoms with Crippen molar-refractivity contribution in [3.63, 3.8) is 0 Å². The largest absolute Gasteiger partial charge is 0.458 e. The molecule has 0 spiro atoms. The molecule has 0 radical (unpaired) electrons. The van der Waals surface area contributed by atoms with Crippen LogP contribution in [-0.2, 0) is 20.7 Å². The van der Waals surface area contributed by atoms with E-state index in [1.807, 2.05) is 43.3 Å². The van der Waals surface area contributed by atoms with E-state index in [-0.39, 0.29) is 43.0 Å². The number of ether oxygens (including phenoxy) is 1. The molecule has 0 aromatic heterocycles. The van der Waals surface area contributed by atoms with E-state index in [9.17, 15) is 24.9 Å². The van der Waals surface area contributed by atoms with E-state index in [0.717, 1.165) is 5.56 Å². The number of carbonyl (C=O) groups is 2. The molecule has 34 heavy (non-hydrogen) atoms. The molecule has 2 fully saturated rings. The predicted octanol–water partition coefficient (Wildman–Crippen LogP) is 2.75. The Kier molecular flexibility index (Phi) is 5.08. The van der Waals surface area contributed by atoms with E-state index in [2.05, 4.69) is 13.8 Å². The zero-order valence-corrected chi connectivity index (χ0v) is 20.2. The smallest absolute Gasteiger partial charge is 0.310 e. The summed E-state index contributed by atoms with van der Waals surface area (Å²) in [5.74, 6) is -2.52. The number of Topliss-reactive ketones (excluding diaryl/α,β-unsaturated/α-hetero) is 1. The summed E-state index contributed by atoms with van der Waals surface area (Å²) in [6.07, 6.45) is 4.16. The number of rotatable bonds is 4. The van der Waals surface area contributed by atoms with E-state index < -0.39 is 34.1 Å². The maximum Gasteiger partial charge on any atom is 0.310 e. The lowest BCUT2D eigenvalue weighted by Gasteiger charge is -2.50. The molecule has 6 heteroatoms. The third kappa shape index (κ3) is 2.91. The van der Waals surface area contributed by atoms with Crippen LogP contribution in [0, 0.1) is 29.1 Å². The molecule has 0 amide bonds. The van der Waals surface area contributed by atoms with Crippen molar-refractivity contribution < 1.29 is 29.6 Å². The van der Waals surface area contributed by atoms with Crippen LogP contribution in [0.25, 0.3) is 0 Å². The summed E-state index contributed by atoms with van der Waals surface area (Å²) in [4.78, 5) is 26.0. The number of aliphatic hydroxyl groups excluding tert-OH is 1. The van der Waals surface area contributed by atoms with Gasteiger partial charge in [0.1, 0.15) is 11.2 Å². The Bertz CT molecular complexity index is 1100. The first kappa shape index (κ1) is 23.5. The van der Waals surface area contributed by atoms with E-state index in [4.69, 9.17) is 4.74 Å². The number of fused-ring (bicyclic) bond motifs is 5. The van der Waals surface area contributed by atoms with Crippen LogP contribution in [0.4, 0.5) is 0 Å². The van der Waals surface area contributed by atoms with Crippen LogP contribution >= 0.6 is 0 Å². The molecule has 2 saturated carbocycles. The maximum absolute atomic E-state index is 13.0. The summed E-state index contributed by atoms with van der Waals surface area (Å²) in [5.41, 5.74) is -2.50. The highest BCUT2D eigenvalue weighted by molar-refractivity contribution is 6.04.